The molecular formula is C20H21NO5. The molecule has 2 aromatic rings. The summed E-state index contributed by atoms with van der Waals surface area (Å²) in [5.41, 5.74) is 1.62. The summed E-state index contributed by atoms with van der Waals surface area (Å²) < 4.78 is 10.7. The number of carboxylic acid groups (broad SMARTS) is 1. The SMILES string of the molecule is CCOc1cc(C(=O)N2CCC2c2ccccc2)ccc1OCC(=O)O. The van der Waals surface area contributed by atoms with Crippen molar-refractivity contribution in [3.8, 4) is 11.5 Å². The van der Waals surface area contributed by atoms with Crippen LogP contribution in [0.15, 0.2) is 48.5 Å². The molecule has 2 aromatic carbocycles. The highest BCUT2D eigenvalue weighted by Crippen LogP contribution is 2.36. The van der Waals surface area contributed by atoms with Crippen molar-refractivity contribution in [2.45, 2.75) is 19.4 Å². The Hall–Kier alpha value is -3.02. The maximum absolute atomic E-state index is 12.9. The first-order valence-corrected chi connectivity index (χ1v) is 8.57. The summed E-state index contributed by atoms with van der Waals surface area (Å²) >= 11 is 0. The molecule has 0 aliphatic carbocycles. The van der Waals surface area contributed by atoms with E-state index in [0.717, 1.165) is 12.0 Å². The smallest absolute Gasteiger partial charge is 0.341 e. The molecule has 26 heavy (non-hydrogen) atoms. The van der Waals surface area contributed by atoms with E-state index in [1.165, 1.54) is 0 Å². The number of rotatable bonds is 7. The van der Waals surface area contributed by atoms with Gasteiger partial charge in [0, 0.05) is 12.1 Å². The van der Waals surface area contributed by atoms with Gasteiger partial charge in [0.25, 0.3) is 5.91 Å². The number of nitrogens with zero attached hydrogens (tertiary/aromatic N) is 1. The third kappa shape index (κ3) is 3.79. The standard InChI is InChI=1S/C20H21NO5/c1-2-25-18-12-15(8-9-17(18)26-13-19(22)23)20(24)21-11-10-16(21)14-6-4-3-5-7-14/h3-9,12,16H,2,10-11,13H2,1H3,(H,22,23). The summed E-state index contributed by atoms with van der Waals surface area (Å²) in [6, 6.07) is 14.9. The molecule has 1 fully saturated rings. The van der Waals surface area contributed by atoms with Crippen LogP contribution in [0.4, 0.5) is 0 Å². The molecular weight excluding hydrogens is 334 g/mol. The van der Waals surface area contributed by atoms with E-state index in [1.807, 2.05) is 42.2 Å². The predicted molar refractivity (Wildman–Crippen MR) is 95.6 cm³/mol. The number of hydrogen-bond acceptors (Lipinski definition) is 4. The minimum absolute atomic E-state index is 0.0733. The van der Waals surface area contributed by atoms with Gasteiger partial charge in [-0.1, -0.05) is 30.3 Å². The molecule has 136 valence electrons. The van der Waals surface area contributed by atoms with E-state index in [1.54, 1.807) is 18.2 Å². The number of likely N-dealkylation sites (tertiary alicyclic amines) is 1. The van der Waals surface area contributed by atoms with Crippen molar-refractivity contribution in [3.63, 3.8) is 0 Å². The Balaban J connectivity index is 1.78. The summed E-state index contributed by atoms with van der Waals surface area (Å²) in [7, 11) is 0. The fourth-order valence-corrected chi connectivity index (χ4v) is 2.99. The van der Waals surface area contributed by atoms with Crippen LogP contribution in [0.2, 0.25) is 0 Å². The topological polar surface area (TPSA) is 76.1 Å². The van der Waals surface area contributed by atoms with Crippen molar-refractivity contribution in [1.29, 1.82) is 0 Å². The molecule has 3 rings (SSSR count). The van der Waals surface area contributed by atoms with Gasteiger partial charge in [0.1, 0.15) is 0 Å². The zero-order valence-electron chi connectivity index (χ0n) is 14.6. The monoisotopic (exact) mass is 355 g/mol. The van der Waals surface area contributed by atoms with Crippen molar-refractivity contribution >= 4 is 11.9 Å². The fraction of sp³-hybridized carbons (Fsp3) is 0.300. The summed E-state index contributed by atoms with van der Waals surface area (Å²) in [6.07, 6.45) is 0.938. The molecule has 1 saturated heterocycles. The summed E-state index contributed by atoms with van der Waals surface area (Å²) in [4.78, 5) is 25.4. The molecule has 1 aliphatic heterocycles. The first-order chi connectivity index (χ1) is 12.6. The Kier molecular flexibility index (Phi) is 5.41. The molecule has 6 heteroatoms. The molecule has 0 radical (unpaired) electrons. The van der Waals surface area contributed by atoms with Gasteiger partial charge >= 0.3 is 5.97 Å². The second kappa shape index (κ2) is 7.91. The van der Waals surface area contributed by atoms with Crippen LogP contribution in [-0.2, 0) is 4.79 Å². The summed E-state index contributed by atoms with van der Waals surface area (Å²) in [5.74, 6) is -0.458. The highest BCUT2D eigenvalue weighted by atomic mass is 16.5. The fourth-order valence-electron chi connectivity index (χ4n) is 2.99. The quantitative estimate of drug-likeness (QED) is 0.826. The van der Waals surface area contributed by atoms with E-state index in [9.17, 15) is 9.59 Å². The van der Waals surface area contributed by atoms with Crippen molar-refractivity contribution in [3.05, 3.63) is 59.7 Å². The minimum atomic E-state index is -1.07. The lowest BCUT2D eigenvalue weighted by Crippen LogP contribution is -2.45. The molecule has 6 nitrogen and oxygen atoms in total. The number of carboxylic acids is 1. The van der Waals surface area contributed by atoms with E-state index in [2.05, 4.69) is 0 Å². The van der Waals surface area contributed by atoms with Gasteiger partial charge in [-0.3, -0.25) is 4.79 Å². The van der Waals surface area contributed by atoms with Gasteiger partial charge in [0.15, 0.2) is 18.1 Å². The largest absolute Gasteiger partial charge is 0.490 e. The normalized spacial score (nSPS) is 15.9. The molecule has 0 spiro atoms. The lowest BCUT2D eigenvalue weighted by Gasteiger charge is -2.41. The predicted octanol–water partition coefficient (Wildman–Crippen LogP) is 3.14. The maximum Gasteiger partial charge on any atom is 0.341 e. The van der Waals surface area contributed by atoms with Gasteiger partial charge < -0.3 is 19.5 Å². The van der Waals surface area contributed by atoms with E-state index < -0.39 is 12.6 Å². The minimum Gasteiger partial charge on any atom is -0.490 e. The number of aliphatic carboxylic acids is 1. The van der Waals surface area contributed by atoms with Gasteiger partial charge in [0.05, 0.1) is 12.6 Å². The zero-order chi connectivity index (χ0) is 18.5. The molecule has 0 aromatic heterocycles. The number of carbonyl (C=O) groups is 2. The van der Waals surface area contributed by atoms with Crippen LogP contribution in [0.25, 0.3) is 0 Å². The first-order valence-electron chi connectivity index (χ1n) is 8.57. The van der Waals surface area contributed by atoms with Gasteiger partial charge in [-0.2, -0.15) is 0 Å². The molecule has 1 atom stereocenters. The Morgan fingerprint density at radius 2 is 1.88 bits per heavy atom. The van der Waals surface area contributed by atoms with Crippen LogP contribution in [0.5, 0.6) is 11.5 Å². The number of amides is 1. The Bertz CT molecular complexity index is 790. The lowest BCUT2D eigenvalue weighted by molar-refractivity contribution is -0.139. The summed E-state index contributed by atoms with van der Waals surface area (Å²) in [6.45, 7) is 2.45. The van der Waals surface area contributed by atoms with Gasteiger partial charge in [-0.05, 0) is 37.1 Å². The van der Waals surface area contributed by atoms with Crippen LogP contribution in [0.3, 0.4) is 0 Å². The van der Waals surface area contributed by atoms with E-state index in [-0.39, 0.29) is 11.9 Å². The van der Waals surface area contributed by atoms with E-state index in [4.69, 9.17) is 14.6 Å². The van der Waals surface area contributed by atoms with E-state index >= 15 is 0 Å². The van der Waals surface area contributed by atoms with Gasteiger partial charge in [-0.25, -0.2) is 4.79 Å². The first kappa shape index (κ1) is 17.8. The second-order valence-electron chi connectivity index (χ2n) is 5.99. The number of benzene rings is 2. The zero-order valence-corrected chi connectivity index (χ0v) is 14.6. The van der Waals surface area contributed by atoms with Gasteiger partial charge in [0.2, 0.25) is 0 Å². The van der Waals surface area contributed by atoms with Crippen molar-refractivity contribution in [1.82, 2.24) is 4.90 Å². The highest BCUT2D eigenvalue weighted by Gasteiger charge is 2.34. The third-order valence-electron chi connectivity index (χ3n) is 4.31. The Labute approximate surface area is 152 Å². The lowest BCUT2D eigenvalue weighted by atomic mass is 9.93. The Morgan fingerprint density at radius 1 is 1.12 bits per heavy atom. The number of ether oxygens (including phenoxy) is 2. The third-order valence-corrected chi connectivity index (χ3v) is 4.31. The molecule has 1 heterocycles. The highest BCUT2D eigenvalue weighted by molar-refractivity contribution is 5.95. The van der Waals surface area contributed by atoms with Crippen LogP contribution in [0.1, 0.15) is 35.3 Å². The average Bonchev–Trinajstić information content (AvgIpc) is 2.60. The Morgan fingerprint density at radius 3 is 2.50 bits per heavy atom. The van der Waals surface area contributed by atoms with Crippen molar-refractivity contribution in [2.24, 2.45) is 0 Å². The van der Waals surface area contributed by atoms with Crippen LogP contribution in [-0.4, -0.2) is 41.6 Å². The molecule has 1 amide bonds. The van der Waals surface area contributed by atoms with Gasteiger partial charge in [-0.15, -0.1) is 0 Å². The summed E-state index contributed by atoms with van der Waals surface area (Å²) in [5, 5.41) is 8.76. The second-order valence-corrected chi connectivity index (χ2v) is 5.99. The average molecular weight is 355 g/mol. The van der Waals surface area contributed by atoms with Crippen LogP contribution >= 0.6 is 0 Å². The van der Waals surface area contributed by atoms with E-state index in [0.29, 0.717) is 30.2 Å². The maximum atomic E-state index is 12.9. The number of carbonyl (C=O) groups excluding carboxylic acids is 1. The van der Waals surface area contributed by atoms with Crippen molar-refractivity contribution in [2.75, 3.05) is 19.8 Å². The molecule has 0 saturated carbocycles. The molecule has 1 aliphatic rings. The van der Waals surface area contributed by atoms with Crippen LogP contribution in [0, 0.1) is 0 Å². The molecule has 0 bridgehead atoms. The molecule has 1 unspecified atom stereocenters. The molecule has 1 N–H and O–H groups in total. The van der Waals surface area contributed by atoms with Crippen molar-refractivity contribution < 1.29 is 24.2 Å². The number of hydrogen-bond donors (Lipinski definition) is 1. The van der Waals surface area contributed by atoms with Crippen LogP contribution < -0.4 is 9.47 Å².